The van der Waals surface area contributed by atoms with E-state index < -0.39 is 11.9 Å². The molecule has 1 fully saturated rings. The summed E-state index contributed by atoms with van der Waals surface area (Å²) in [4.78, 5) is 22.0. The van der Waals surface area contributed by atoms with Crippen molar-refractivity contribution < 1.29 is 14.7 Å². The van der Waals surface area contributed by atoms with Gasteiger partial charge in [-0.25, -0.2) is 0 Å². The minimum atomic E-state index is -0.811. The number of aliphatic carboxylic acids is 1. The number of carboxylic acid groups (broad SMARTS) is 1. The van der Waals surface area contributed by atoms with Gasteiger partial charge in [-0.05, 0) is 31.8 Å². The molecule has 5 nitrogen and oxygen atoms in total. The van der Waals surface area contributed by atoms with Gasteiger partial charge in [-0.15, -0.1) is 0 Å². The third-order valence-corrected chi connectivity index (χ3v) is 2.96. The molecule has 0 aliphatic carbocycles. The lowest BCUT2D eigenvalue weighted by Gasteiger charge is -2.10. The van der Waals surface area contributed by atoms with Gasteiger partial charge in [0.15, 0.2) is 0 Å². The molecule has 1 amide bonds. The quantitative estimate of drug-likeness (QED) is 0.607. The molecule has 5 heteroatoms. The molecule has 2 atom stereocenters. The summed E-state index contributed by atoms with van der Waals surface area (Å²) >= 11 is 0. The third-order valence-electron chi connectivity index (χ3n) is 2.96. The first-order valence-electron chi connectivity index (χ1n) is 5.80. The van der Waals surface area contributed by atoms with Gasteiger partial charge in [-0.1, -0.05) is 6.92 Å². The van der Waals surface area contributed by atoms with E-state index in [0.717, 1.165) is 19.5 Å². The molecule has 1 aliphatic rings. The SMILES string of the molecule is CC(CCNC(=O)CC1CCNC1)C(=O)O. The first kappa shape index (κ1) is 13.0. The Bertz CT molecular complexity index is 250. The summed E-state index contributed by atoms with van der Waals surface area (Å²) in [5.74, 6) is -0.731. The summed E-state index contributed by atoms with van der Waals surface area (Å²) < 4.78 is 0. The van der Waals surface area contributed by atoms with Gasteiger partial charge >= 0.3 is 5.97 Å². The van der Waals surface area contributed by atoms with Gasteiger partial charge in [-0.2, -0.15) is 0 Å². The van der Waals surface area contributed by atoms with Crippen LogP contribution in [0.15, 0.2) is 0 Å². The first-order valence-corrected chi connectivity index (χ1v) is 5.80. The molecular weight excluding hydrogens is 208 g/mol. The zero-order valence-corrected chi connectivity index (χ0v) is 9.66. The van der Waals surface area contributed by atoms with Crippen LogP contribution >= 0.6 is 0 Å². The van der Waals surface area contributed by atoms with Crippen LogP contribution in [-0.2, 0) is 9.59 Å². The van der Waals surface area contributed by atoms with Gasteiger partial charge in [0, 0.05) is 13.0 Å². The number of hydrogen-bond acceptors (Lipinski definition) is 3. The standard InChI is InChI=1S/C11H20N2O3/c1-8(11(15)16)2-5-13-10(14)6-9-3-4-12-7-9/h8-9,12H,2-7H2,1H3,(H,13,14)(H,15,16). The van der Waals surface area contributed by atoms with E-state index >= 15 is 0 Å². The molecule has 0 aromatic heterocycles. The number of carbonyl (C=O) groups excluding carboxylic acids is 1. The average molecular weight is 228 g/mol. The van der Waals surface area contributed by atoms with Crippen LogP contribution in [0.4, 0.5) is 0 Å². The lowest BCUT2D eigenvalue weighted by atomic mass is 10.0. The van der Waals surface area contributed by atoms with E-state index in [1.54, 1.807) is 6.92 Å². The van der Waals surface area contributed by atoms with E-state index in [2.05, 4.69) is 10.6 Å². The van der Waals surface area contributed by atoms with Gasteiger partial charge in [0.1, 0.15) is 0 Å². The van der Waals surface area contributed by atoms with E-state index in [9.17, 15) is 9.59 Å². The summed E-state index contributed by atoms with van der Waals surface area (Å²) in [6.07, 6.45) is 2.09. The third kappa shape index (κ3) is 4.61. The molecule has 0 radical (unpaired) electrons. The summed E-state index contributed by atoms with van der Waals surface area (Å²) in [5.41, 5.74) is 0. The highest BCUT2D eigenvalue weighted by atomic mass is 16.4. The topological polar surface area (TPSA) is 78.4 Å². The fourth-order valence-corrected chi connectivity index (χ4v) is 1.77. The Morgan fingerprint density at radius 1 is 1.56 bits per heavy atom. The van der Waals surface area contributed by atoms with Gasteiger partial charge in [-0.3, -0.25) is 9.59 Å². The fraction of sp³-hybridized carbons (Fsp3) is 0.818. The number of amides is 1. The van der Waals surface area contributed by atoms with Crippen molar-refractivity contribution in [1.29, 1.82) is 0 Å². The maximum atomic E-state index is 11.5. The Hall–Kier alpha value is -1.10. The molecule has 1 aliphatic heterocycles. The summed E-state index contributed by atoms with van der Waals surface area (Å²) in [7, 11) is 0. The zero-order valence-electron chi connectivity index (χ0n) is 9.66. The Morgan fingerprint density at radius 2 is 2.31 bits per heavy atom. The van der Waals surface area contributed by atoms with Gasteiger partial charge in [0.2, 0.25) is 5.91 Å². The van der Waals surface area contributed by atoms with E-state index in [1.165, 1.54) is 0 Å². The molecule has 3 N–H and O–H groups in total. The second-order valence-electron chi connectivity index (χ2n) is 4.44. The summed E-state index contributed by atoms with van der Waals surface area (Å²) in [6.45, 7) is 4.01. The van der Waals surface area contributed by atoms with Crippen molar-refractivity contribution in [2.45, 2.75) is 26.2 Å². The Labute approximate surface area is 95.6 Å². The van der Waals surface area contributed by atoms with Crippen molar-refractivity contribution in [1.82, 2.24) is 10.6 Å². The fourth-order valence-electron chi connectivity index (χ4n) is 1.77. The molecule has 1 heterocycles. The Morgan fingerprint density at radius 3 is 2.88 bits per heavy atom. The maximum Gasteiger partial charge on any atom is 0.306 e. The molecule has 1 rings (SSSR count). The Kier molecular flexibility index (Phi) is 5.25. The molecule has 0 spiro atoms. The van der Waals surface area contributed by atoms with Crippen molar-refractivity contribution in [3.63, 3.8) is 0 Å². The van der Waals surface area contributed by atoms with Crippen LogP contribution in [0.3, 0.4) is 0 Å². The van der Waals surface area contributed by atoms with Crippen LogP contribution in [0, 0.1) is 11.8 Å². The number of rotatable bonds is 6. The predicted molar refractivity (Wildman–Crippen MR) is 60.0 cm³/mol. The van der Waals surface area contributed by atoms with Crippen molar-refractivity contribution >= 4 is 11.9 Å². The molecule has 0 aromatic carbocycles. The van der Waals surface area contributed by atoms with Crippen LogP contribution in [-0.4, -0.2) is 36.6 Å². The number of carbonyl (C=O) groups is 2. The number of carboxylic acids is 1. The second-order valence-corrected chi connectivity index (χ2v) is 4.44. The van der Waals surface area contributed by atoms with Crippen LogP contribution in [0.2, 0.25) is 0 Å². The van der Waals surface area contributed by atoms with Crippen molar-refractivity contribution in [2.75, 3.05) is 19.6 Å². The van der Waals surface area contributed by atoms with E-state index in [1.807, 2.05) is 0 Å². The largest absolute Gasteiger partial charge is 0.481 e. The van der Waals surface area contributed by atoms with Crippen LogP contribution in [0.25, 0.3) is 0 Å². The number of hydrogen-bond donors (Lipinski definition) is 3. The molecule has 0 bridgehead atoms. The molecule has 0 aromatic rings. The molecule has 0 saturated carbocycles. The van der Waals surface area contributed by atoms with Gasteiger partial charge in [0.05, 0.1) is 5.92 Å². The normalized spacial score (nSPS) is 21.7. The average Bonchev–Trinajstić information content (AvgIpc) is 2.70. The van der Waals surface area contributed by atoms with E-state index in [4.69, 9.17) is 5.11 Å². The van der Waals surface area contributed by atoms with E-state index in [-0.39, 0.29) is 5.91 Å². The van der Waals surface area contributed by atoms with Gasteiger partial charge in [0.25, 0.3) is 0 Å². The maximum absolute atomic E-state index is 11.5. The highest BCUT2D eigenvalue weighted by Gasteiger charge is 2.18. The van der Waals surface area contributed by atoms with Crippen molar-refractivity contribution in [3.05, 3.63) is 0 Å². The first-order chi connectivity index (χ1) is 7.59. The second kappa shape index (κ2) is 6.48. The minimum Gasteiger partial charge on any atom is -0.481 e. The van der Waals surface area contributed by atoms with Gasteiger partial charge < -0.3 is 15.7 Å². The summed E-state index contributed by atoms with van der Waals surface area (Å²) in [5, 5.41) is 14.6. The molecule has 16 heavy (non-hydrogen) atoms. The molecule has 92 valence electrons. The van der Waals surface area contributed by atoms with Crippen LogP contribution < -0.4 is 10.6 Å². The minimum absolute atomic E-state index is 0.0336. The predicted octanol–water partition coefficient (Wildman–Crippen LogP) is 0.213. The van der Waals surface area contributed by atoms with E-state index in [0.29, 0.717) is 25.3 Å². The molecule has 2 unspecified atom stereocenters. The smallest absolute Gasteiger partial charge is 0.306 e. The van der Waals surface area contributed by atoms with Crippen molar-refractivity contribution in [3.8, 4) is 0 Å². The lowest BCUT2D eigenvalue weighted by Crippen LogP contribution is -2.29. The van der Waals surface area contributed by atoms with Crippen molar-refractivity contribution in [2.24, 2.45) is 11.8 Å². The Balaban J connectivity index is 2.08. The number of nitrogens with one attached hydrogen (secondary N) is 2. The summed E-state index contributed by atoms with van der Waals surface area (Å²) in [6, 6.07) is 0. The molecule has 1 saturated heterocycles. The lowest BCUT2D eigenvalue weighted by molar-refractivity contribution is -0.141. The highest BCUT2D eigenvalue weighted by Crippen LogP contribution is 2.11. The monoisotopic (exact) mass is 228 g/mol. The zero-order chi connectivity index (χ0) is 12.0. The highest BCUT2D eigenvalue weighted by molar-refractivity contribution is 5.76. The van der Waals surface area contributed by atoms with Crippen LogP contribution in [0.1, 0.15) is 26.2 Å². The van der Waals surface area contributed by atoms with Crippen LogP contribution in [0.5, 0.6) is 0 Å². The molecular formula is C11H20N2O3.